The van der Waals surface area contributed by atoms with Crippen molar-refractivity contribution in [3.8, 4) is 11.8 Å². The van der Waals surface area contributed by atoms with Gasteiger partial charge >= 0.3 is 0 Å². The van der Waals surface area contributed by atoms with Crippen molar-refractivity contribution in [2.75, 3.05) is 17.7 Å². The molecule has 0 spiro atoms. The molecule has 0 atom stereocenters. The molecule has 0 aliphatic carbocycles. The summed E-state index contributed by atoms with van der Waals surface area (Å²) >= 11 is 0. The molecule has 1 heterocycles. The third-order valence-electron chi connectivity index (χ3n) is 3.51. The molecule has 2 aromatic carbocycles. The number of aromatic nitrogens is 2. The van der Waals surface area contributed by atoms with Gasteiger partial charge in [0.1, 0.15) is 5.75 Å². The van der Waals surface area contributed by atoms with Gasteiger partial charge in [-0.1, -0.05) is 6.07 Å². The minimum atomic E-state index is -0.312. The Hall–Kier alpha value is -3.92. The van der Waals surface area contributed by atoms with Gasteiger partial charge in [0.25, 0.3) is 5.91 Å². The molecule has 128 valence electrons. The summed E-state index contributed by atoms with van der Waals surface area (Å²) < 4.78 is 5.08. The van der Waals surface area contributed by atoms with Crippen LogP contribution in [0.4, 0.5) is 17.3 Å². The molecule has 2 N–H and O–H groups in total. The number of rotatable bonds is 5. The predicted octanol–water partition coefficient (Wildman–Crippen LogP) is 3.35. The average Bonchev–Trinajstić information content (AvgIpc) is 2.69. The highest BCUT2D eigenvalue weighted by molar-refractivity contribution is 6.03. The van der Waals surface area contributed by atoms with Crippen molar-refractivity contribution in [2.24, 2.45) is 0 Å². The number of nitriles is 1. The topological polar surface area (TPSA) is 99.9 Å². The quantitative estimate of drug-likeness (QED) is 0.735. The second kappa shape index (κ2) is 7.77. The van der Waals surface area contributed by atoms with Crippen LogP contribution in [0.5, 0.6) is 5.75 Å². The number of methoxy groups -OCH3 is 1. The van der Waals surface area contributed by atoms with E-state index in [1.54, 1.807) is 55.6 Å². The highest BCUT2D eigenvalue weighted by Gasteiger charge is 2.08. The summed E-state index contributed by atoms with van der Waals surface area (Å²) in [5, 5.41) is 14.7. The minimum absolute atomic E-state index is 0.312. The Morgan fingerprint density at radius 3 is 2.46 bits per heavy atom. The maximum absolute atomic E-state index is 12.2. The first-order chi connectivity index (χ1) is 12.7. The van der Waals surface area contributed by atoms with Gasteiger partial charge in [-0.3, -0.25) is 4.79 Å². The number of nitrogens with one attached hydrogen (secondary N) is 2. The Kier molecular flexibility index (Phi) is 5.05. The van der Waals surface area contributed by atoms with Gasteiger partial charge in [-0.05, 0) is 42.5 Å². The van der Waals surface area contributed by atoms with E-state index in [1.807, 2.05) is 0 Å². The van der Waals surface area contributed by atoms with Gasteiger partial charge in [-0.25, -0.2) is 9.97 Å². The van der Waals surface area contributed by atoms with E-state index in [0.717, 1.165) is 0 Å². The first kappa shape index (κ1) is 16.9. The minimum Gasteiger partial charge on any atom is -0.497 e. The summed E-state index contributed by atoms with van der Waals surface area (Å²) in [6.07, 6.45) is 2.87. The summed E-state index contributed by atoms with van der Waals surface area (Å²) in [4.78, 5) is 20.5. The Balaban J connectivity index is 1.66. The first-order valence-corrected chi connectivity index (χ1v) is 7.72. The summed E-state index contributed by atoms with van der Waals surface area (Å²) in [6.45, 7) is 0. The van der Waals surface area contributed by atoms with E-state index in [4.69, 9.17) is 10.00 Å². The van der Waals surface area contributed by atoms with Crippen molar-refractivity contribution >= 4 is 23.2 Å². The van der Waals surface area contributed by atoms with Crippen LogP contribution < -0.4 is 15.4 Å². The lowest BCUT2D eigenvalue weighted by molar-refractivity contribution is 0.102. The standard InChI is InChI=1S/C19H15N5O2/c1-26-17-7-5-15(6-8-17)23-18(25)14-11-21-19(22-12-14)24-16-4-2-3-13(9-16)10-20/h2-9,11-12H,1H3,(H,23,25)(H,21,22,24). The molecule has 3 rings (SSSR count). The molecule has 0 aliphatic rings. The fraction of sp³-hybridized carbons (Fsp3) is 0.0526. The van der Waals surface area contributed by atoms with Crippen LogP contribution in [0.2, 0.25) is 0 Å². The molecule has 0 bridgehead atoms. The van der Waals surface area contributed by atoms with Crippen molar-refractivity contribution in [3.05, 3.63) is 72.1 Å². The van der Waals surface area contributed by atoms with Gasteiger partial charge in [0.15, 0.2) is 0 Å². The normalized spacial score (nSPS) is 9.85. The zero-order valence-corrected chi connectivity index (χ0v) is 13.9. The largest absolute Gasteiger partial charge is 0.497 e. The van der Waals surface area contributed by atoms with E-state index in [1.165, 1.54) is 12.4 Å². The van der Waals surface area contributed by atoms with E-state index in [-0.39, 0.29) is 5.91 Å². The molecule has 7 nitrogen and oxygen atoms in total. The van der Waals surface area contributed by atoms with Crippen molar-refractivity contribution in [1.82, 2.24) is 9.97 Å². The molecule has 0 saturated carbocycles. The van der Waals surface area contributed by atoms with E-state index >= 15 is 0 Å². The third-order valence-corrected chi connectivity index (χ3v) is 3.51. The summed E-state index contributed by atoms with van der Waals surface area (Å²) in [5.74, 6) is 0.733. The van der Waals surface area contributed by atoms with Gasteiger partial charge in [0, 0.05) is 23.8 Å². The van der Waals surface area contributed by atoms with Crippen LogP contribution in [0.25, 0.3) is 0 Å². The van der Waals surface area contributed by atoms with Gasteiger partial charge in [-0.15, -0.1) is 0 Å². The van der Waals surface area contributed by atoms with Crippen molar-refractivity contribution in [3.63, 3.8) is 0 Å². The molecule has 1 amide bonds. The number of anilines is 3. The fourth-order valence-electron chi connectivity index (χ4n) is 2.18. The van der Waals surface area contributed by atoms with Crippen LogP contribution in [0, 0.1) is 11.3 Å². The van der Waals surface area contributed by atoms with Gasteiger partial charge in [-0.2, -0.15) is 5.26 Å². The Labute approximate surface area is 150 Å². The summed E-state index contributed by atoms with van der Waals surface area (Å²) in [5.41, 5.74) is 2.20. The highest BCUT2D eigenvalue weighted by atomic mass is 16.5. The highest BCUT2D eigenvalue weighted by Crippen LogP contribution is 2.17. The van der Waals surface area contributed by atoms with E-state index in [2.05, 4.69) is 26.7 Å². The van der Waals surface area contributed by atoms with Crippen molar-refractivity contribution < 1.29 is 9.53 Å². The second-order valence-electron chi connectivity index (χ2n) is 5.30. The number of nitrogens with zero attached hydrogens (tertiary/aromatic N) is 3. The van der Waals surface area contributed by atoms with Crippen LogP contribution in [-0.2, 0) is 0 Å². The van der Waals surface area contributed by atoms with Gasteiger partial charge in [0.05, 0.1) is 24.3 Å². The lowest BCUT2D eigenvalue weighted by Crippen LogP contribution is -2.13. The summed E-state index contributed by atoms with van der Waals surface area (Å²) in [7, 11) is 1.58. The Bertz CT molecular complexity index is 947. The van der Waals surface area contributed by atoms with Crippen molar-refractivity contribution in [1.29, 1.82) is 5.26 Å². The monoisotopic (exact) mass is 345 g/mol. The van der Waals surface area contributed by atoms with Crippen LogP contribution in [0.3, 0.4) is 0 Å². The number of benzene rings is 2. The molecular formula is C19H15N5O2. The molecule has 0 fully saturated rings. The van der Waals surface area contributed by atoms with E-state index in [0.29, 0.717) is 34.2 Å². The predicted molar refractivity (Wildman–Crippen MR) is 97.4 cm³/mol. The lowest BCUT2D eigenvalue weighted by Gasteiger charge is -2.07. The second-order valence-corrected chi connectivity index (χ2v) is 5.30. The molecule has 26 heavy (non-hydrogen) atoms. The zero-order valence-electron chi connectivity index (χ0n) is 13.9. The molecular weight excluding hydrogens is 330 g/mol. The molecule has 0 saturated heterocycles. The maximum atomic E-state index is 12.2. The lowest BCUT2D eigenvalue weighted by atomic mass is 10.2. The summed E-state index contributed by atoms with van der Waals surface area (Å²) in [6, 6.07) is 16.0. The molecule has 3 aromatic rings. The van der Waals surface area contributed by atoms with Crippen LogP contribution >= 0.6 is 0 Å². The number of hydrogen-bond acceptors (Lipinski definition) is 6. The smallest absolute Gasteiger partial charge is 0.258 e. The molecule has 7 heteroatoms. The fourth-order valence-corrected chi connectivity index (χ4v) is 2.18. The third kappa shape index (κ3) is 4.13. The number of ether oxygens (including phenoxy) is 1. The number of hydrogen-bond donors (Lipinski definition) is 2. The van der Waals surface area contributed by atoms with E-state index < -0.39 is 0 Å². The van der Waals surface area contributed by atoms with Crippen LogP contribution in [-0.4, -0.2) is 23.0 Å². The molecule has 0 unspecified atom stereocenters. The molecule has 0 aliphatic heterocycles. The Morgan fingerprint density at radius 2 is 1.81 bits per heavy atom. The van der Waals surface area contributed by atoms with Gasteiger partial charge in [0.2, 0.25) is 5.95 Å². The average molecular weight is 345 g/mol. The van der Waals surface area contributed by atoms with Crippen LogP contribution in [0.15, 0.2) is 60.9 Å². The van der Waals surface area contributed by atoms with Crippen LogP contribution in [0.1, 0.15) is 15.9 Å². The van der Waals surface area contributed by atoms with E-state index in [9.17, 15) is 4.79 Å². The molecule has 0 radical (unpaired) electrons. The SMILES string of the molecule is COc1ccc(NC(=O)c2cnc(Nc3cccc(C#N)c3)nc2)cc1. The molecule has 1 aromatic heterocycles. The number of carbonyl (C=O) groups excluding carboxylic acids is 1. The number of amides is 1. The zero-order chi connectivity index (χ0) is 18.4. The Morgan fingerprint density at radius 1 is 1.08 bits per heavy atom. The van der Waals surface area contributed by atoms with Crippen molar-refractivity contribution in [2.45, 2.75) is 0 Å². The van der Waals surface area contributed by atoms with Gasteiger partial charge < -0.3 is 15.4 Å². The first-order valence-electron chi connectivity index (χ1n) is 7.72. The maximum Gasteiger partial charge on any atom is 0.258 e. The number of carbonyl (C=O) groups is 1.